The summed E-state index contributed by atoms with van der Waals surface area (Å²) < 4.78 is 0. The molecule has 1 unspecified atom stereocenters. The van der Waals surface area contributed by atoms with Crippen molar-refractivity contribution in [3.63, 3.8) is 0 Å². The highest BCUT2D eigenvalue weighted by molar-refractivity contribution is 7.10. The first-order chi connectivity index (χ1) is 9.79. The van der Waals surface area contributed by atoms with Crippen LogP contribution in [0.15, 0.2) is 17.5 Å². The molecule has 1 aromatic rings. The van der Waals surface area contributed by atoms with Gasteiger partial charge in [0.25, 0.3) is 0 Å². The number of thiophene rings is 1. The summed E-state index contributed by atoms with van der Waals surface area (Å²) in [6.45, 7) is 9.12. The van der Waals surface area contributed by atoms with Gasteiger partial charge < -0.3 is 10.2 Å². The highest BCUT2D eigenvalue weighted by Crippen LogP contribution is 2.29. The van der Waals surface area contributed by atoms with E-state index < -0.39 is 0 Å². The number of rotatable bonds is 5. The second-order valence-corrected chi connectivity index (χ2v) is 7.75. The van der Waals surface area contributed by atoms with Gasteiger partial charge in [-0.05, 0) is 23.8 Å². The molecule has 2 amide bonds. The fourth-order valence-electron chi connectivity index (χ4n) is 2.76. The Bertz CT molecular complexity index is 508. The Kier molecular flexibility index (Phi) is 4.71. The summed E-state index contributed by atoms with van der Waals surface area (Å²) in [4.78, 5) is 27.4. The van der Waals surface area contributed by atoms with E-state index in [2.05, 4.69) is 39.1 Å². The van der Waals surface area contributed by atoms with Crippen molar-refractivity contribution in [1.82, 2.24) is 10.2 Å². The van der Waals surface area contributed by atoms with Gasteiger partial charge in [-0.25, -0.2) is 0 Å². The van der Waals surface area contributed by atoms with E-state index in [1.165, 1.54) is 4.88 Å². The molecule has 0 radical (unpaired) electrons. The molecule has 1 atom stereocenters. The maximum Gasteiger partial charge on any atom is 0.245 e. The smallest absolute Gasteiger partial charge is 0.245 e. The highest BCUT2D eigenvalue weighted by Gasteiger charge is 2.36. The Morgan fingerprint density at radius 3 is 2.71 bits per heavy atom. The Morgan fingerprint density at radius 1 is 1.43 bits per heavy atom. The SMILES string of the molecule is CC(C)CC1NC(=O)CN(CC(C)(C)c2cccs2)C1=O. The van der Waals surface area contributed by atoms with Crippen LogP contribution in [-0.4, -0.2) is 35.8 Å². The number of piperazine rings is 1. The van der Waals surface area contributed by atoms with Crippen molar-refractivity contribution in [3.8, 4) is 0 Å². The normalized spacial score (nSPS) is 20.0. The summed E-state index contributed by atoms with van der Waals surface area (Å²) in [5.74, 6) is 0.375. The molecule has 116 valence electrons. The minimum absolute atomic E-state index is 0.0490. The van der Waals surface area contributed by atoms with E-state index in [-0.39, 0.29) is 29.8 Å². The largest absolute Gasteiger partial charge is 0.343 e. The van der Waals surface area contributed by atoms with Gasteiger partial charge in [-0.1, -0.05) is 33.8 Å². The predicted octanol–water partition coefficient (Wildman–Crippen LogP) is 2.40. The molecule has 21 heavy (non-hydrogen) atoms. The predicted molar refractivity (Wildman–Crippen MR) is 85.3 cm³/mol. The van der Waals surface area contributed by atoms with Crippen molar-refractivity contribution in [2.24, 2.45) is 5.92 Å². The van der Waals surface area contributed by atoms with Gasteiger partial charge in [0, 0.05) is 16.8 Å². The standard InChI is InChI=1S/C16H24N2O2S/c1-11(2)8-12-15(20)18(9-14(19)17-12)10-16(3,4)13-6-5-7-21-13/h5-7,11-12H,8-10H2,1-4H3,(H,17,19). The van der Waals surface area contributed by atoms with Crippen molar-refractivity contribution in [2.75, 3.05) is 13.1 Å². The van der Waals surface area contributed by atoms with Crippen molar-refractivity contribution in [3.05, 3.63) is 22.4 Å². The second-order valence-electron chi connectivity index (χ2n) is 6.81. The lowest BCUT2D eigenvalue weighted by Crippen LogP contribution is -2.60. The monoisotopic (exact) mass is 308 g/mol. The molecular formula is C16H24N2O2S. The second kappa shape index (κ2) is 6.18. The summed E-state index contributed by atoms with van der Waals surface area (Å²) in [6.07, 6.45) is 0.695. The molecular weight excluding hydrogens is 284 g/mol. The summed E-state index contributed by atoms with van der Waals surface area (Å²) >= 11 is 1.69. The lowest BCUT2D eigenvalue weighted by atomic mass is 9.89. The van der Waals surface area contributed by atoms with Gasteiger partial charge in [-0.2, -0.15) is 0 Å². The van der Waals surface area contributed by atoms with Crippen LogP contribution in [0.4, 0.5) is 0 Å². The quantitative estimate of drug-likeness (QED) is 0.908. The topological polar surface area (TPSA) is 49.4 Å². The van der Waals surface area contributed by atoms with Gasteiger partial charge in [0.1, 0.15) is 6.04 Å². The number of amides is 2. The molecule has 1 N–H and O–H groups in total. The Morgan fingerprint density at radius 2 is 2.14 bits per heavy atom. The third-order valence-corrected chi connectivity index (χ3v) is 5.00. The van der Waals surface area contributed by atoms with Gasteiger partial charge in [0.05, 0.1) is 6.54 Å². The van der Waals surface area contributed by atoms with E-state index in [0.717, 1.165) is 0 Å². The van der Waals surface area contributed by atoms with E-state index in [1.54, 1.807) is 16.2 Å². The van der Waals surface area contributed by atoms with Crippen LogP contribution < -0.4 is 5.32 Å². The molecule has 0 spiro atoms. The average Bonchev–Trinajstić information content (AvgIpc) is 2.88. The Hall–Kier alpha value is -1.36. The van der Waals surface area contributed by atoms with Gasteiger partial charge >= 0.3 is 0 Å². The molecule has 1 aliphatic rings. The number of nitrogens with one attached hydrogen (secondary N) is 1. The summed E-state index contributed by atoms with van der Waals surface area (Å²) in [6, 6.07) is 3.74. The van der Waals surface area contributed by atoms with Crippen molar-refractivity contribution >= 4 is 23.2 Å². The number of carbonyl (C=O) groups excluding carboxylic acids is 2. The van der Waals surface area contributed by atoms with Crippen LogP contribution >= 0.6 is 11.3 Å². The molecule has 1 aliphatic heterocycles. The van der Waals surface area contributed by atoms with E-state index >= 15 is 0 Å². The molecule has 0 aliphatic carbocycles. The Labute approximate surface area is 130 Å². The van der Waals surface area contributed by atoms with Crippen molar-refractivity contribution < 1.29 is 9.59 Å². The van der Waals surface area contributed by atoms with Gasteiger partial charge in [0.15, 0.2) is 0 Å². The van der Waals surface area contributed by atoms with Crippen molar-refractivity contribution in [1.29, 1.82) is 0 Å². The van der Waals surface area contributed by atoms with Crippen molar-refractivity contribution in [2.45, 2.75) is 45.6 Å². The zero-order valence-corrected chi connectivity index (χ0v) is 14.0. The van der Waals surface area contributed by atoms with E-state index in [4.69, 9.17) is 0 Å². The molecule has 1 aromatic heterocycles. The maximum atomic E-state index is 12.6. The Balaban J connectivity index is 2.11. The first kappa shape index (κ1) is 16.0. The molecule has 0 bridgehead atoms. The van der Waals surface area contributed by atoms with Crippen LogP contribution in [0.3, 0.4) is 0 Å². The number of carbonyl (C=O) groups is 2. The van der Waals surface area contributed by atoms with E-state index in [0.29, 0.717) is 18.9 Å². The molecule has 4 nitrogen and oxygen atoms in total. The van der Waals surface area contributed by atoms with Crippen LogP contribution in [-0.2, 0) is 15.0 Å². The molecule has 0 saturated carbocycles. The minimum Gasteiger partial charge on any atom is -0.343 e. The molecule has 1 fully saturated rings. The first-order valence-corrected chi connectivity index (χ1v) is 8.29. The number of hydrogen-bond donors (Lipinski definition) is 1. The van der Waals surface area contributed by atoms with E-state index in [9.17, 15) is 9.59 Å². The van der Waals surface area contributed by atoms with Gasteiger partial charge in [-0.15, -0.1) is 11.3 Å². The zero-order valence-electron chi connectivity index (χ0n) is 13.2. The zero-order chi connectivity index (χ0) is 15.6. The molecule has 5 heteroatoms. The summed E-state index contributed by atoms with van der Waals surface area (Å²) in [5.41, 5.74) is -0.135. The molecule has 2 rings (SSSR count). The molecule has 0 aromatic carbocycles. The molecule has 2 heterocycles. The lowest BCUT2D eigenvalue weighted by Gasteiger charge is -2.37. The van der Waals surface area contributed by atoms with Crippen LogP contribution in [0.5, 0.6) is 0 Å². The number of hydrogen-bond acceptors (Lipinski definition) is 3. The van der Waals surface area contributed by atoms with E-state index in [1.807, 2.05) is 11.4 Å². The fourth-order valence-corrected chi connectivity index (χ4v) is 3.60. The van der Waals surface area contributed by atoms with Crippen LogP contribution in [0.1, 0.15) is 39.0 Å². The van der Waals surface area contributed by atoms with Crippen LogP contribution in [0, 0.1) is 5.92 Å². The highest BCUT2D eigenvalue weighted by atomic mass is 32.1. The van der Waals surface area contributed by atoms with Gasteiger partial charge in [0.2, 0.25) is 11.8 Å². The maximum absolute atomic E-state index is 12.6. The number of nitrogens with zero attached hydrogens (tertiary/aromatic N) is 1. The minimum atomic E-state index is -0.370. The third kappa shape index (κ3) is 3.84. The summed E-state index contributed by atoms with van der Waals surface area (Å²) in [7, 11) is 0. The van der Waals surface area contributed by atoms with Crippen LogP contribution in [0.2, 0.25) is 0 Å². The average molecular weight is 308 g/mol. The van der Waals surface area contributed by atoms with Gasteiger partial charge in [-0.3, -0.25) is 9.59 Å². The van der Waals surface area contributed by atoms with Crippen LogP contribution in [0.25, 0.3) is 0 Å². The lowest BCUT2D eigenvalue weighted by molar-refractivity contribution is -0.145. The molecule has 1 saturated heterocycles. The first-order valence-electron chi connectivity index (χ1n) is 7.42. The third-order valence-electron chi connectivity index (χ3n) is 3.76. The fraction of sp³-hybridized carbons (Fsp3) is 0.625. The summed E-state index contributed by atoms with van der Waals surface area (Å²) in [5, 5.41) is 4.87.